The van der Waals surface area contributed by atoms with E-state index in [1.807, 2.05) is 6.08 Å². The van der Waals surface area contributed by atoms with E-state index in [1.165, 1.54) is 193 Å². The van der Waals surface area contributed by atoms with E-state index in [1.54, 1.807) is 0 Å². The highest BCUT2D eigenvalue weighted by atomic mass is 16.6. The van der Waals surface area contributed by atoms with Gasteiger partial charge in [-0.05, 0) is 89.9 Å². The molecule has 448 valence electrons. The summed E-state index contributed by atoms with van der Waals surface area (Å²) in [7, 11) is 0. The molecule has 0 radical (unpaired) electrons. The second kappa shape index (κ2) is 65.8. The minimum Gasteiger partial charge on any atom is -0.462 e. The van der Waals surface area contributed by atoms with Gasteiger partial charge in [0.1, 0.15) is 13.2 Å². The van der Waals surface area contributed by atoms with Gasteiger partial charge in [0.05, 0.1) is 0 Å². The predicted octanol–water partition coefficient (Wildman–Crippen LogP) is 22.8. The number of hydrogen-bond acceptors (Lipinski definition) is 6. The lowest BCUT2D eigenvalue weighted by atomic mass is 10.0. The highest BCUT2D eigenvalue weighted by Crippen LogP contribution is 2.17. The summed E-state index contributed by atoms with van der Waals surface area (Å²) in [6.45, 7) is 6.47. The SMILES string of the molecule is CC/C=C\C/C=C\C/C=C\C/C=C\C/C=C\C/C=C\CCC(=O)OC(COC(=O)CCCCCCCCCCCC)COC(=O)CCCCCCCCCCCCCCCCCCCCC/C=C\C/C=C\CCCCCCC. The van der Waals surface area contributed by atoms with Crippen molar-refractivity contribution in [2.24, 2.45) is 0 Å². The Morgan fingerprint density at radius 1 is 0.269 bits per heavy atom. The highest BCUT2D eigenvalue weighted by Gasteiger charge is 2.19. The molecule has 0 aromatic heterocycles. The van der Waals surface area contributed by atoms with Crippen LogP contribution < -0.4 is 0 Å². The molecule has 0 aromatic rings. The fraction of sp³-hybridized carbons (Fsp3) is 0.736. The van der Waals surface area contributed by atoms with Gasteiger partial charge in [-0.15, -0.1) is 0 Å². The van der Waals surface area contributed by atoms with E-state index in [2.05, 4.69) is 112 Å². The molecule has 0 rings (SSSR count). The van der Waals surface area contributed by atoms with Crippen LogP contribution in [-0.2, 0) is 28.6 Å². The number of esters is 3. The molecule has 6 nitrogen and oxygen atoms in total. The minimum absolute atomic E-state index is 0.104. The van der Waals surface area contributed by atoms with Crippen LogP contribution in [-0.4, -0.2) is 37.2 Å². The molecule has 0 fully saturated rings. The van der Waals surface area contributed by atoms with Gasteiger partial charge in [0.25, 0.3) is 0 Å². The highest BCUT2D eigenvalue weighted by molar-refractivity contribution is 5.71. The van der Waals surface area contributed by atoms with Crippen molar-refractivity contribution in [2.75, 3.05) is 13.2 Å². The maximum absolute atomic E-state index is 12.8. The fourth-order valence-corrected chi connectivity index (χ4v) is 9.38. The van der Waals surface area contributed by atoms with Gasteiger partial charge in [-0.3, -0.25) is 14.4 Å². The van der Waals surface area contributed by atoms with Crippen molar-refractivity contribution in [1.29, 1.82) is 0 Å². The zero-order valence-corrected chi connectivity index (χ0v) is 51.4. The Balaban J connectivity index is 4.21. The molecule has 0 bridgehead atoms. The third kappa shape index (κ3) is 63.2. The molecule has 0 heterocycles. The Kier molecular flexibility index (Phi) is 62.7. The predicted molar refractivity (Wildman–Crippen MR) is 339 cm³/mol. The van der Waals surface area contributed by atoms with E-state index >= 15 is 0 Å². The summed E-state index contributed by atoms with van der Waals surface area (Å²) in [5.74, 6) is -0.980. The number of allylic oxidation sites excluding steroid dienone is 16. The van der Waals surface area contributed by atoms with E-state index in [4.69, 9.17) is 14.2 Å². The smallest absolute Gasteiger partial charge is 0.306 e. The normalized spacial score (nSPS) is 12.7. The first-order chi connectivity index (χ1) is 38.5. The van der Waals surface area contributed by atoms with Gasteiger partial charge in [0.15, 0.2) is 6.10 Å². The second-order valence-electron chi connectivity index (χ2n) is 22.0. The first-order valence-electron chi connectivity index (χ1n) is 33.2. The average Bonchev–Trinajstić information content (AvgIpc) is 3.44. The van der Waals surface area contributed by atoms with Gasteiger partial charge in [0.2, 0.25) is 0 Å². The quantitative estimate of drug-likeness (QED) is 0.0261. The minimum atomic E-state index is -0.816. The first kappa shape index (κ1) is 74.3. The Labute approximate surface area is 483 Å². The molecular weight excluding hydrogens is 961 g/mol. The van der Waals surface area contributed by atoms with Crippen molar-refractivity contribution in [3.63, 3.8) is 0 Å². The molecule has 78 heavy (non-hydrogen) atoms. The standard InChI is InChI=1S/C72H124O6/c1-4-7-10-13-16-19-22-24-26-28-30-31-32-33-34-35-36-37-38-39-40-41-43-44-46-48-50-53-56-59-62-65-71(74)77-68-69(67-76-70(73)64-61-58-55-52-21-18-15-12-9-6-3)78-72(75)66-63-60-57-54-51-49-47-45-42-29-27-25-23-20-17-14-11-8-5-2/h8,11,17,20,22,24-25,27-28,30,42,45,49,51,57,60,69H,4-7,9-10,12-16,18-19,21,23,26,29,31-41,43-44,46-48,50,52-56,58-59,61-68H2,1-3H3/b11-8-,20-17-,24-22-,27-25-,30-28-,45-42-,51-49-,60-57-. The number of carbonyl (C=O) groups excluding carboxylic acids is 3. The molecule has 0 N–H and O–H groups in total. The van der Waals surface area contributed by atoms with Crippen LogP contribution in [0.3, 0.4) is 0 Å². The van der Waals surface area contributed by atoms with E-state index in [-0.39, 0.29) is 37.5 Å². The Hall–Kier alpha value is -3.67. The number of unbranched alkanes of at least 4 members (excludes halogenated alkanes) is 33. The molecule has 0 amide bonds. The van der Waals surface area contributed by atoms with Gasteiger partial charge in [-0.1, -0.05) is 311 Å². The van der Waals surface area contributed by atoms with Crippen LogP contribution in [0.5, 0.6) is 0 Å². The number of carbonyl (C=O) groups is 3. The third-order valence-corrected chi connectivity index (χ3v) is 14.3. The zero-order valence-electron chi connectivity index (χ0n) is 51.4. The summed E-state index contributed by atoms with van der Waals surface area (Å²) in [5.41, 5.74) is 0. The van der Waals surface area contributed by atoms with Gasteiger partial charge < -0.3 is 14.2 Å². The lowest BCUT2D eigenvalue weighted by molar-refractivity contribution is -0.166. The van der Waals surface area contributed by atoms with Crippen LogP contribution in [0.15, 0.2) is 97.2 Å². The monoisotopic (exact) mass is 1080 g/mol. The Morgan fingerprint density at radius 3 is 0.833 bits per heavy atom. The molecule has 0 saturated carbocycles. The van der Waals surface area contributed by atoms with E-state index in [0.29, 0.717) is 19.3 Å². The molecule has 6 heteroatoms. The van der Waals surface area contributed by atoms with Crippen LogP contribution in [0.25, 0.3) is 0 Å². The largest absolute Gasteiger partial charge is 0.462 e. The van der Waals surface area contributed by atoms with Gasteiger partial charge in [-0.25, -0.2) is 0 Å². The number of rotatable bonds is 60. The maximum atomic E-state index is 12.8. The van der Waals surface area contributed by atoms with E-state index in [0.717, 1.165) is 83.5 Å². The van der Waals surface area contributed by atoms with Crippen molar-refractivity contribution in [1.82, 2.24) is 0 Å². The third-order valence-electron chi connectivity index (χ3n) is 14.3. The summed E-state index contributed by atoms with van der Waals surface area (Å²) < 4.78 is 16.8. The van der Waals surface area contributed by atoms with Crippen LogP contribution >= 0.6 is 0 Å². The van der Waals surface area contributed by atoms with Crippen LogP contribution in [0.1, 0.15) is 323 Å². The maximum Gasteiger partial charge on any atom is 0.306 e. The molecule has 1 atom stereocenters. The van der Waals surface area contributed by atoms with Crippen molar-refractivity contribution in [2.45, 2.75) is 329 Å². The van der Waals surface area contributed by atoms with Crippen molar-refractivity contribution >= 4 is 17.9 Å². The van der Waals surface area contributed by atoms with Gasteiger partial charge in [-0.2, -0.15) is 0 Å². The summed E-state index contributed by atoms with van der Waals surface area (Å²) in [4.78, 5) is 38.2. The number of hydrogen-bond donors (Lipinski definition) is 0. The van der Waals surface area contributed by atoms with Gasteiger partial charge >= 0.3 is 17.9 Å². The molecule has 1 unspecified atom stereocenters. The molecule has 0 aliphatic heterocycles. The molecule has 0 aliphatic carbocycles. The number of ether oxygens (including phenoxy) is 3. The Bertz CT molecular complexity index is 1530. The van der Waals surface area contributed by atoms with Crippen LogP contribution in [0, 0.1) is 0 Å². The average molecular weight is 1090 g/mol. The second-order valence-corrected chi connectivity index (χ2v) is 22.0. The van der Waals surface area contributed by atoms with Gasteiger partial charge in [0, 0.05) is 19.3 Å². The van der Waals surface area contributed by atoms with Crippen molar-refractivity contribution in [3.05, 3.63) is 97.2 Å². The lowest BCUT2D eigenvalue weighted by Crippen LogP contribution is -2.30. The lowest BCUT2D eigenvalue weighted by Gasteiger charge is -2.18. The van der Waals surface area contributed by atoms with E-state index in [9.17, 15) is 14.4 Å². The molecular formula is C72H124O6. The first-order valence-corrected chi connectivity index (χ1v) is 33.2. The fourth-order valence-electron chi connectivity index (χ4n) is 9.38. The van der Waals surface area contributed by atoms with Crippen molar-refractivity contribution in [3.8, 4) is 0 Å². The van der Waals surface area contributed by atoms with E-state index < -0.39 is 6.10 Å². The topological polar surface area (TPSA) is 78.9 Å². The summed E-state index contributed by atoms with van der Waals surface area (Å²) in [5, 5.41) is 0. The molecule has 0 spiro atoms. The summed E-state index contributed by atoms with van der Waals surface area (Å²) in [6.07, 6.45) is 88.9. The molecule has 0 saturated heterocycles. The zero-order chi connectivity index (χ0) is 56.4. The summed E-state index contributed by atoms with van der Waals surface area (Å²) >= 11 is 0. The van der Waals surface area contributed by atoms with Crippen LogP contribution in [0.2, 0.25) is 0 Å². The molecule has 0 aromatic carbocycles. The molecule has 0 aliphatic rings. The van der Waals surface area contributed by atoms with Crippen LogP contribution in [0.4, 0.5) is 0 Å². The van der Waals surface area contributed by atoms with Crippen molar-refractivity contribution < 1.29 is 28.6 Å². The Morgan fingerprint density at radius 2 is 0.526 bits per heavy atom. The summed E-state index contributed by atoms with van der Waals surface area (Å²) in [6, 6.07) is 0.